The van der Waals surface area contributed by atoms with E-state index in [1.54, 1.807) is 19.9 Å². The number of furan rings is 1. The molecule has 0 aliphatic rings. The van der Waals surface area contributed by atoms with Crippen LogP contribution in [-0.4, -0.2) is 25.7 Å². The number of para-hydroxylation sites is 1. The van der Waals surface area contributed by atoms with Crippen LogP contribution in [0.3, 0.4) is 0 Å². The van der Waals surface area contributed by atoms with Crippen molar-refractivity contribution in [2.24, 2.45) is 0 Å². The third kappa shape index (κ3) is 5.36. The summed E-state index contributed by atoms with van der Waals surface area (Å²) >= 11 is 0. The molecule has 3 aromatic carbocycles. The summed E-state index contributed by atoms with van der Waals surface area (Å²) in [7, 11) is 13.5. The summed E-state index contributed by atoms with van der Waals surface area (Å²) in [6.07, 6.45) is -8.05. The van der Waals surface area contributed by atoms with Crippen molar-refractivity contribution in [1.82, 2.24) is 9.97 Å². The highest BCUT2D eigenvalue weighted by molar-refractivity contribution is 6.21. The molecule has 0 unspecified atom stereocenters. The number of nitrogens with zero attached hydrogens (tertiary/aromatic N) is 2. The van der Waals surface area contributed by atoms with Gasteiger partial charge in [-0.05, 0) is 63.7 Å². The Morgan fingerprint density at radius 3 is 2.04 bits per heavy atom. The second-order valence-electron chi connectivity index (χ2n) is 12.3. The molecule has 45 heavy (non-hydrogen) atoms. The Balaban J connectivity index is 1.69. The third-order valence-electron chi connectivity index (χ3n) is 7.81. The van der Waals surface area contributed by atoms with Gasteiger partial charge in [-0.2, -0.15) is 26.3 Å². The standard InChI is InChI=1S/C34H24B2F6N2O/c1-31(2,35)23-15-21-19-7-5-6-8-26(19)45-30(21)29(32(3,4)36)27(23)17-11-12-43-25(13-17)20-9-10-24-22(28(20)34(40,41)42)14-18(16-44-24)33(37,38)39/h5-16H,1-4H3. The van der Waals surface area contributed by atoms with Gasteiger partial charge in [0.15, 0.2) is 0 Å². The van der Waals surface area contributed by atoms with E-state index in [4.69, 9.17) is 20.1 Å². The summed E-state index contributed by atoms with van der Waals surface area (Å²) < 4.78 is 90.8. The maximum Gasteiger partial charge on any atom is 0.417 e. The Morgan fingerprint density at radius 2 is 1.40 bits per heavy atom. The van der Waals surface area contributed by atoms with E-state index in [0.29, 0.717) is 45.7 Å². The number of hydrogen-bond acceptors (Lipinski definition) is 3. The van der Waals surface area contributed by atoms with Gasteiger partial charge < -0.3 is 4.42 Å². The molecule has 0 aliphatic heterocycles. The molecule has 0 aliphatic carbocycles. The Morgan fingerprint density at radius 1 is 0.689 bits per heavy atom. The zero-order valence-corrected chi connectivity index (χ0v) is 24.7. The summed E-state index contributed by atoms with van der Waals surface area (Å²) in [6.45, 7) is 7.21. The van der Waals surface area contributed by atoms with Crippen LogP contribution < -0.4 is 0 Å². The highest BCUT2D eigenvalue weighted by atomic mass is 19.4. The van der Waals surface area contributed by atoms with Crippen molar-refractivity contribution < 1.29 is 30.8 Å². The molecule has 4 radical (unpaired) electrons. The molecule has 3 heterocycles. The molecule has 0 fully saturated rings. The first kappa shape index (κ1) is 30.7. The first-order valence-corrected chi connectivity index (χ1v) is 14.0. The van der Waals surface area contributed by atoms with Crippen LogP contribution in [0.15, 0.2) is 77.5 Å². The Bertz CT molecular complexity index is 2120. The molecule has 0 atom stereocenters. The van der Waals surface area contributed by atoms with E-state index in [1.165, 1.54) is 24.4 Å². The van der Waals surface area contributed by atoms with Crippen LogP contribution in [-0.2, 0) is 23.0 Å². The molecule has 0 saturated heterocycles. The lowest BCUT2D eigenvalue weighted by molar-refractivity contribution is -0.139. The van der Waals surface area contributed by atoms with E-state index < -0.39 is 45.1 Å². The summed E-state index contributed by atoms with van der Waals surface area (Å²) in [4.78, 5) is 7.91. The van der Waals surface area contributed by atoms with Gasteiger partial charge in [-0.1, -0.05) is 52.0 Å². The van der Waals surface area contributed by atoms with Gasteiger partial charge in [0.05, 0.1) is 38.0 Å². The lowest BCUT2D eigenvalue weighted by atomic mass is 9.60. The summed E-state index contributed by atoms with van der Waals surface area (Å²) in [5.41, 5.74) is 0.136. The monoisotopic (exact) mass is 612 g/mol. The second-order valence-corrected chi connectivity index (χ2v) is 12.3. The van der Waals surface area contributed by atoms with Crippen LogP contribution in [0.1, 0.15) is 49.9 Å². The van der Waals surface area contributed by atoms with Crippen molar-refractivity contribution in [3.8, 4) is 22.4 Å². The predicted molar refractivity (Wildman–Crippen MR) is 165 cm³/mol. The van der Waals surface area contributed by atoms with Crippen LogP contribution in [0.5, 0.6) is 0 Å². The Labute approximate surface area is 257 Å². The Kier molecular flexibility index (Phi) is 6.92. The first-order valence-electron chi connectivity index (χ1n) is 14.0. The van der Waals surface area contributed by atoms with Crippen LogP contribution >= 0.6 is 0 Å². The topological polar surface area (TPSA) is 38.9 Å². The van der Waals surface area contributed by atoms with Crippen LogP contribution in [0.4, 0.5) is 26.3 Å². The molecule has 3 nitrogen and oxygen atoms in total. The van der Waals surface area contributed by atoms with E-state index in [-0.39, 0.29) is 11.2 Å². The van der Waals surface area contributed by atoms with Crippen LogP contribution in [0.2, 0.25) is 0 Å². The van der Waals surface area contributed by atoms with Crippen molar-refractivity contribution in [3.63, 3.8) is 0 Å². The largest absolute Gasteiger partial charge is 0.456 e. The molecule has 0 N–H and O–H groups in total. The second kappa shape index (κ2) is 10.1. The van der Waals surface area contributed by atoms with Gasteiger partial charge in [-0.25, -0.2) is 0 Å². The zero-order valence-electron chi connectivity index (χ0n) is 24.7. The zero-order chi connectivity index (χ0) is 32.7. The molecule has 0 bridgehead atoms. The minimum Gasteiger partial charge on any atom is -0.456 e. The number of halogens is 6. The molecule has 0 spiro atoms. The molecular formula is C34H24B2F6N2O. The van der Waals surface area contributed by atoms with E-state index in [9.17, 15) is 26.3 Å². The van der Waals surface area contributed by atoms with Crippen molar-refractivity contribution in [2.75, 3.05) is 0 Å². The number of fused-ring (bicyclic) bond motifs is 4. The maximum absolute atomic E-state index is 14.7. The highest BCUT2D eigenvalue weighted by Crippen LogP contribution is 2.47. The number of hydrogen-bond donors (Lipinski definition) is 0. The minimum absolute atomic E-state index is 0.106. The van der Waals surface area contributed by atoms with Gasteiger partial charge in [-0.3, -0.25) is 9.97 Å². The van der Waals surface area contributed by atoms with Crippen molar-refractivity contribution in [1.29, 1.82) is 0 Å². The molecule has 6 aromatic rings. The van der Waals surface area contributed by atoms with Crippen LogP contribution in [0.25, 0.3) is 55.2 Å². The maximum atomic E-state index is 14.7. The van der Waals surface area contributed by atoms with Gasteiger partial charge in [0.1, 0.15) is 11.2 Å². The third-order valence-corrected chi connectivity index (χ3v) is 7.81. The van der Waals surface area contributed by atoms with Gasteiger partial charge in [0, 0.05) is 39.7 Å². The molecule has 6 rings (SSSR count). The molecular weight excluding hydrogens is 588 g/mol. The van der Waals surface area contributed by atoms with E-state index in [0.717, 1.165) is 10.8 Å². The SMILES string of the molecule is [B]C(C)(C)c1cc2c(oc3ccccc32)c(C([B])(C)C)c1-c1ccnc(-c2ccc3ncc(C(F)(F)F)cc3c2C(F)(F)F)c1. The fraction of sp³-hybridized carbons (Fsp3) is 0.235. The summed E-state index contributed by atoms with van der Waals surface area (Å²) in [5.74, 6) is 0. The molecule has 11 heteroatoms. The van der Waals surface area contributed by atoms with Crippen molar-refractivity contribution in [2.45, 2.75) is 50.7 Å². The number of pyridine rings is 2. The van der Waals surface area contributed by atoms with E-state index in [1.807, 2.05) is 44.2 Å². The van der Waals surface area contributed by atoms with E-state index in [2.05, 4.69) is 9.97 Å². The van der Waals surface area contributed by atoms with Gasteiger partial charge >= 0.3 is 12.4 Å². The lowest BCUT2D eigenvalue weighted by Gasteiger charge is -2.31. The summed E-state index contributed by atoms with van der Waals surface area (Å²) in [5, 5.41) is -0.995. The number of benzene rings is 3. The number of aromatic nitrogens is 2. The lowest BCUT2D eigenvalue weighted by Crippen LogP contribution is -2.24. The number of alkyl halides is 6. The number of rotatable bonds is 4. The van der Waals surface area contributed by atoms with Crippen molar-refractivity contribution in [3.05, 3.63) is 95.3 Å². The predicted octanol–water partition coefficient (Wildman–Crippen LogP) is 9.71. The molecule has 0 amide bonds. The fourth-order valence-corrected chi connectivity index (χ4v) is 5.89. The smallest absolute Gasteiger partial charge is 0.417 e. The average Bonchev–Trinajstić information content (AvgIpc) is 3.31. The van der Waals surface area contributed by atoms with Crippen molar-refractivity contribution >= 4 is 48.5 Å². The average molecular weight is 612 g/mol. The quantitative estimate of drug-likeness (QED) is 0.147. The summed E-state index contributed by atoms with van der Waals surface area (Å²) in [6, 6.07) is 15.4. The van der Waals surface area contributed by atoms with Gasteiger partial charge in [-0.15, -0.1) is 0 Å². The van der Waals surface area contributed by atoms with Crippen LogP contribution in [0, 0.1) is 0 Å². The van der Waals surface area contributed by atoms with Gasteiger partial charge in [0.2, 0.25) is 0 Å². The highest BCUT2D eigenvalue weighted by Gasteiger charge is 2.39. The molecule has 3 aromatic heterocycles. The first-order chi connectivity index (χ1) is 20.9. The van der Waals surface area contributed by atoms with E-state index >= 15 is 0 Å². The normalized spacial score (nSPS) is 13.3. The Hall–Kier alpha value is -4.27. The molecule has 224 valence electrons. The fourth-order valence-electron chi connectivity index (χ4n) is 5.89. The minimum atomic E-state index is -5.03. The van der Waals surface area contributed by atoms with Gasteiger partial charge in [0.25, 0.3) is 0 Å². The molecule has 0 saturated carbocycles.